The summed E-state index contributed by atoms with van der Waals surface area (Å²) >= 11 is 0. The summed E-state index contributed by atoms with van der Waals surface area (Å²) in [6.45, 7) is 9.84. The van der Waals surface area contributed by atoms with Gasteiger partial charge < -0.3 is 5.11 Å². The molecule has 0 amide bonds. The van der Waals surface area contributed by atoms with Crippen LogP contribution in [0.15, 0.2) is 0 Å². The fraction of sp³-hybridized carbons (Fsp3) is 1.00. The largest absolute Gasteiger partial charge is 0.396 e. The molecule has 0 saturated heterocycles. The Labute approximate surface area is 108 Å². The standard InChI is InChI=1S/C16H32O/c1-13(2)15-8-6-14(7-9-15)12-16(3,4)10-5-11-17/h13-15,17H,5-12H2,1-4H3. The maximum atomic E-state index is 8.93. The van der Waals surface area contributed by atoms with Crippen LogP contribution in [0.1, 0.15) is 72.6 Å². The fourth-order valence-corrected chi connectivity index (χ4v) is 3.50. The molecular weight excluding hydrogens is 208 g/mol. The van der Waals surface area contributed by atoms with E-state index in [2.05, 4.69) is 27.7 Å². The number of aliphatic hydroxyl groups is 1. The molecule has 1 aliphatic carbocycles. The van der Waals surface area contributed by atoms with Crippen LogP contribution in [0.2, 0.25) is 0 Å². The van der Waals surface area contributed by atoms with E-state index in [1.165, 1.54) is 38.5 Å². The number of hydrogen-bond donors (Lipinski definition) is 1. The van der Waals surface area contributed by atoms with Gasteiger partial charge in [0.05, 0.1) is 0 Å². The molecule has 1 nitrogen and oxygen atoms in total. The molecule has 1 rings (SSSR count). The summed E-state index contributed by atoms with van der Waals surface area (Å²) in [5, 5.41) is 8.93. The van der Waals surface area contributed by atoms with Crippen LogP contribution in [0.4, 0.5) is 0 Å². The van der Waals surface area contributed by atoms with Crippen molar-refractivity contribution in [2.45, 2.75) is 72.6 Å². The molecule has 0 unspecified atom stereocenters. The first-order valence-electron chi connectivity index (χ1n) is 7.55. The lowest BCUT2D eigenvalue weighted by Gasteiger charge is -2.35. The van der Waals surface area contributed by atoms with E-state index < -0.39 is 0 Å². The Morgan fingerprint density at radius 1 is 1.12 bits per heavy atom. The van der Waals surface area contributed by atoms with Crippen LogP contribution < -0.4 is 0 Å². The van der Waals surface area contributed by atoms with Crippen LogP contribution in [0.5, 0.6) is 0 Å². The predicted molar refractivity (Wildman–Crippen MR) is 75.0 cm³/mol. The van der Waals surface area contributed by atoms with Crippen LogP contribution in [0.3, 0.4) is 0 Å². The number of hydrogen-bond acceptors (Lipinski definition) is 1. The van der Waals surface area contributed by atoms with Crippen LogP contribution >= 0.6 is 0 Å². The highest BCUT2D eigenvalue weighted by Crippen LogP contribution is 2.40. The van der Waals surface area contributed by atoms with Crippen LogP contribution in [0, 0.1) is 23.2 Å². The van der Waals surface area contributed by atoms with Gasteiger partial charge in [0.25, 0.3) is 0 Å². The zero-order valence-electron chi connectivity index (χ0n) is 12.3. The molecule has 0 atom stereocenters. The first-order chi connectivity index (χ1) is 7.94. The highest BCUT2D eigenvalue weighted by Gasteiger charge is 2.28. The number of rotatable bonds is 6. The van der Waals surface area contributed by atoms with E-state index in [1.807, 2.05) is 0 Å². The molecule has 0 radical (unpaired) electrons. The third-order valence-electron chi connectivity index (χ3n) is 4.69. The lowest BCUT2D eigenvalue weighted by molar-refractivity contribution is 0.155. The molecule has 1 fully saturated rings. The van der Waals surface area contributed by atoms with E-state index in [9.17, 15) is 0 Å². The molecule has 0 heterocycles. The zero-order valence-corrected chi connectivity index (χ0v) is 12.3. The van der Waals surface area contributed by atoms with Gasteiger partial charge in [-0.25, -0.2) is 0 Å². The van der Waals surface area contributed by atoms with Gasteiger partial charge in [0.2, 0.25) is 0 Å². The van der Waals surface area contributed by atoms with Crippen molar-refractivity contribution in [1.82, 2.24) is 0 Å². The van der Waals surface area contributed by atoms with E-state index in [1.54, 1.807) is 0 Å². The van der Waals surface area contributed by atoms with Gasteiger partial charge in [0.1, 0.15) is 0 Å². The smallest absolute Gasteiger partial charge is 0.0431 e. The summed E-state index contributed by atoms with van der Waals surface area (Å²) in [5.74, 6) is 2.80. The minimum atomic E-state index is 0.351. The lowest BCUT2D eigenvalue weighted by atomic mass is 9.70. The van der Waals surface area contributed by atoms with Gasteiger partial charge in [-0.15, -0.1) is 0 Å². The normalized spacial score (nSPS) is 26.5. The highest BCUT2D eigenvalue weighted by atomic mass is 16.2. The molecule has 102 valence electrons. The minimum absolute atomic E-state index is 0.351. The topological polar surface area (TPSA) is 20.2 Å². The lowest BCUT2D eigenvalue weighted by Crippen LogP contribution is -2.23. The molecular formula is C16H32O. The molecule has 0 aromatic carbocycles. The first kappa shape index (κ1) is 15.0. The maximum absolute atomic E-state index is 8.93. The minimum Gasteiger partial charge on any atom is -0.396 e. The molecule has 1 saturated carbocycles. The quantitative estimate of drug-likeness (QED) is 0.717. The van der Waals surface area contributed by atoms with E-state index in [-0.39, 0.29) is 0 Å². The van der Waals surface area contributed by atoms with E-state index in [4.69, 9.17) is 5.11 Å². The maximum Gasteiger partial charge on any atom is 0.0431 e. The highest BCUT2D eigenvalue weighted by molar-refractivity contribution is 4.79. The SMILES string of the molecule is CC(C)C1CCC(CC(C)(C)CCCO)CC1. The summed E-state index contributed by atoms with van der Waals surface area (Å²) in [6, 6.07) is 0. The van der Waals surface area contributed by atoms with Gasteiger partial charge in [-0.1, -0.05) is 40.5 Å². The average Bonchev–Trinajstić information content (AvgIpc) is 2.26. The molecule has 1 N–H and O–H groups in total. The van der Waals surface area contributed by atoms with Gasteiger partial charge in [-0.05, 0) is 55.3 Å². The Morgan fingerprint density at radius 3 is 2.18 bits per heavy atom. The molecule has 17 heavy (non-hydrogen) atoms. The van der Waals surface area contributed by atoms with E-state index >= 15 is 0 Å². The van der Waals surface area contributed by atoms with Crippen molar-refractivity contribution >= 4 is 0 Å². The Bertz CT molecular complexity index is 200. The molecule has 1 heteroatoms. The second-order valence-corrected chi connectivity index (χ2v) is 7.22. The average molecular weight is 240 g/mol. The molecule has 0 aliphatic heterocycles. The van der Waals surface area contributed by atoms with Crippen molar-refractivity contribution < 1.29 is 5.11 Å². The number of aliphatic hydroxyl groups excluding tert-OH is 1. The fourth-order valence-electron chi connectivity index (χ4n) is 3.50. The van der Waals surface area contributed by atoms with Gasteiger partial charge in [0.15, 0.2) is 0 Å². The van der Waals surface area contributed by atoms with E-state index in [0.29, 0.717) is 12.0 Å². The monoisotopic (exact) mass is 240 g/mol. The van der Waals surface area contributed by atoms with Crippen LogP contribution in [-0.4, -0.2) is 11.7 Å². The zero-order chi connectivity index (χ0) is 12.9. The van der Waals surface area contributed by atoms with Crippen molar-refractivity contribution in [2.24, 2.45) is 23.2 Å². The Balaban J connectivity index is 2.29. The third kappa shape index (κ3) is 5.42. The Kier molecular flexibility index (Phi) is 5.99. The van der Waals surface area contributed by atoms with Crippen molar-refractivity contribution in [3.63, 3.8) is 0 Å². The molecule has 0 bridgehead atoms. The van der Waals surface area contributed by atoms with Crippen LogP contribution in [-0.2, 0) is 0 Å². The van der Waals surface area contributed by atoms with Crippen molar-refractivity contribution in [2.75, 3.05) is 6.61 Å². The summed E-state index contributed by atoms with van der Waals surface area (Å²) < 4.78 is 0. The van der Waals surface area contributed by atoms with E-state index in [0.717, 1.165) is 24.2 Å². The second kappa shape index (κ2) is 6.78. The van der Waals surface area contributed by atoms with Crippen molar-refractivity contribution in [3.05, 3.63) is 0 Å². The molecule has 1 aliphatic rings. The van der Waals surface area contributed by atoms with Crippen LogP contribution in [0.25, 0.3) is 0 Å². The van der Waals surface area contributed by atoms with Gasteiger partial charge in [-0.2, -0.15) is 0 Å². The van der Waals surface area contributed by atoms with Gasteiger partial charge in [0, 0.05) is 6.61 Å². The van der Waals surface area contributed by atoms with Gasteiger partial charge in [-0.3, -0.25) is 0 Å². The van der Waals surface area contributed by atoms with Crippen molar-refractivity contribution in [1.29, 1.82) is 0 Å². The first-order valence-corrected chi connectivity index (χ1v) is 7.55. The second-order valence-electron chi connectivity index (χ2n) is 7.22. The van der Waals surface area contributed by atoms with Gasteiger partial charge >= 0.3 is 0 Å². The Hall–Kier alpha value is -0.0400. The summed E-state index contributed by atoms with van der Waals surface area (Å²) in [5.41, 5.74) is 0.429. The molecule has 0 spiro atoms. The summed E-state index contributed by atoms with van der Waals surface area (Å²) in [7, 11) is 0. The summed E-state index contributed by atoms with van der Waals surface area (Å²) in [4.78, 5) is 0. The summed E-state index contributed by atoms with van der Waals surface area (Å²) in [6.07, 6.45) is 9.26. The molecule has 0 aromatic heterocycles. The molecule has 0 aromatic rings. The Morgan fingerprint density at radius 2 is 1.71 bits per heavy atom. The predicted octanol–water partition coefficient (Wildman–Crippen LogP) is 4.64. The third-order valence-corrected chi connectivity index (χ3v) is 4.69. The van der Waals surface area contributed by atoms with Crippen molar-refractivity contribution in [3.8, 4) is 0 Å².